The van der Waals surface area contributed by atoms with Crippen LogP contribution in [0.25, 0.3) is 0 Å². The van der Waals surface area contributed by atoms with Gasteiger partial charge in [-0.1, -0.05) is 24.3 Å². The van der Waals surface area contributed by atoms with E-state index in [4.69, 9.17) is 17.2 Å². The van der Waals surface area contributed by atoms with Crippen LogP contribution in [-0.4, -0.2) is 24.5 Å². The van der Waals surface area contributed by atoms with Gasteiger partial charge in [-0.2, -0.15) is 10.2 Å². The molecular formula is C20H22N8. The van der Waals surface area contributed by atoms with Crippen molar-refractivity contribution in [3.63, 3.8) is 0 Å². The van der Waals surface area contributed by atoms with Crippen LogP contribution < -0.4 is 17.2 Å². The zero-order valence-electron chi connectivity index (χ0n) is 15.4. The molecule has 0 bridgehead atoms. The van der Waals surface area contributed by atoms with Crippen LogP contribution in [0.5, 0.6) is 0 Å². The third-order valence-corrected chi connectivity index (χ3v) is 4.55. The molecule has 0 saturated carbocycles. The maximum Gasteiger partial charge on any atom is 0.149 e. The van der Waals surface area contributed by atoms with E-state index in [-0.39, 0.29) is 5.82 Å². The highest BCUT2D eigenvalue weighted by molar-refractivity contribution is 5.67. The first-order valence-corrected chi connectivity index (χ1v) is 8.94. The summed E-state index contributed by atoms with van der Waals surface area (Å²) in [6.07, 6.45) is 8.18. The summed E-state index contributed by atoms with van der Waals surface area (Å²) in [5.74, 6) is 0.627. The number of aromatic nitrogens is 5. The molecule has 0 spiro atoms. The van der Waals surface area contributed by atoms with Crippen molar-refractivity contribution in [1.82, 2.24) is 24.5 Å². The Bertz CT molecular complexity index is 1060. The van der Waals surface area contributed by atoms with Gasteiger partial charge in [0, 0.05) is 25.0 Å². The summed E-state index contributed by atoms with van der Waals surface area (Å²) >= 11 is 0. The quantitative estimate of drug-likeness (QED) is 0.473. The van der Waals surface area contributed by atoms with Crippen LogP contribution in [-0.2, 0) is 19.5 Å². The van der Waals surface area contributed by atoms with E-state index in [0.29, 0.717) is 24.5 Å². The van der Waals surface area contributed by atoms with E-state index in [1.165, 1.54) is 11.1 Å². The Morgan fingerprint density at radius 1 is 0.857 bits per heavy atom. The summed E-state index contributed by atoms with van der Waals surface area (Å²) in [6.45, 7) is 1.46. The minimum absolute atomic E-state index is 0.262. The van der Waals surface area contributed by atoms with Crippen molar-refractivity contribution in [2.24, 2.45) is 0 Å². The van der Waals surface area contributed by atoms with Gasteiger partial charge in [0.05, 0.1) is 25.0 Å². The Balaban J connectivity index is 1.42. The van der Waals surface area contributed by atoms with E-state index in [1.807, 2.05) is 34.0 Å². The highest BCUT2D eigenvalue weighted by atomic mass is 15.3. The smallest absolute Gasteiger partial charge is 0.149 e. The SMILES string of the molecule is Nc1cc(Cc2cnn(Cc3ccc(Cn4cccn4)cc3)c2)c(N)c(N)n1. The summed E-state index contributed by atoms with van der Waals surface area (Å²) in [5.41, 5.74) is 22.3. The molecule has 0 aliphatic heterocycles. The summed E-state index contributed by atoms with van der Waals surface area (Å²) in [7, 11) is 0. The Hall–Kier alpha value is -3.81. The predicted molar refractivity (Wildman–Crippen MR) is 109 cm³/mol. The van der Waals surface area contributed by atoms with Gasteiger partial charge in [-0.3, -0.25) is 9.36 Å². The zero-order chi connectivity index (χ0) is 19.5. The molecule has 6 N–H and O–H groups in total. The van der Waals surface area contributed by atoms with Crippen molar-refractivity contribution in [3.8, 4) is 0 Å². The van der Waals surface area contributed by atoms with Gasteiger partial charge >= 0.3 is 0 Å². The first-order valence-electron chi connectivity index (χ1n) is 8.94. The van der Waals surface area contributed by atoms with Gasteiger partial charge in [-0.25, -0.2) is 4.98 Å². The molecule has 8 heteroatoms. The van der Waals surface area contributed by atoms with Gasteiger partial charge < -0.3 is 17.2 Å². The predicted octanol–water partition coefficient (Wildman–Crippen LogP) is 1.91. The summed E-state index contributed by atoms with van der Waals surface area (Å²) in [6, 6.07) is 12.1. The van der Waals surface area contributed by atoms with Gasteiger partial charge in [0.25, 0.3) is 0 Å². The summed E-state index contributed by atoms with van der Waals surface area (Å²) in [5, 5.41) is 8.68. The lowest BCUT2D eigenvalue weighted by Crippen LogP contribution is -2.05. The molecule has 4 rings (SSSR count). The number of rotatable bonds is 6. The van der Waals surface area contributed by atoms with E-state index in [0.717, 1.165) is 17.7 Å². The highest BCUT2D eigenvalue weighted by Crippen LogP contribution is 2.23. The standard InChI is InChI=1S/C20H22N8/c21-18-9-17(19(22)20(23)26-18)8-16-10-25-28(13-16)12-15-4-2-14(3-5-15)11-27-7-1-6-24-27/h1-7,9-10,13H,8,11-12,22H2,(H4,21,23,26). The van der Waals surface area contributed by atoms with Crippen molar-refractivity contribution in [2.45, 2.75) is 19.5 Å². The molecule has 0 radical (unpaired) electrons. The first kappa shape index (κ1) is 17.6. The molecular weight excluding hydrogens is 352 g/mol. The molecule has 3 aromatic heterocycles. The average molecular weight is 374 g/mol. The number of nitrogens with zero attached hydrogens (tertiary/aromatic N) is 5. The number of pyridine rings is 1. The zero-order valence-corrected chi connectivity index (χ0v) is 15.4. The number of nitrogen functional groups attached to an aromatic ring is 3. The summed E-state index contributed by atoms with van der Waals surface area (Å²) < 4.78 is 3.81. The molecule has 142 valence electrons. The lowest BCUT2D eigenvalue weighted by atomic mass is 10.1. The number of hydrogen-bond donors (Lipinski definition) is 3. The normalized spacial score (nSPS) is 11.0. The average Bonchev–Trinajstić information content (AvgIpc) is 3.33. The topological polar surface area (TPSA) is 127 Å². The Morgan fingerprint density at radius 2 is 1.57 bits per heavy atom. The second-order valence-electron chi connectivity index (χ2n) is 6.75. The third kappa shape index (κ3) is 3.96. The largest absolute Gasteiger partial charge is 0.396 e. The van der Waals surface area contributed by atoms with Gasteiger partial charge in [-0.05, 0) is 34.4 Å². The van der Waals surface area contributed by atoms with Crippen molar-refractivity contribution in [2.75, 3.05) is 17.2 Å². The second kappa shape index (κ2) is 7.43. The summed E-state index contributed by atoms with van der Waals surface area (Å²) in [4.78, 5) is 3.97. The van der Waals surface area contributed by atoms with E-state index >= 15 is 0 Å². The van der Waals surface area contributed by atoms with Crippen molar-refractivity contribution in [3.05, 3.63) is 83.4 Å². The van der Waals surface area contributed by atoms with Gasteiger partial charge in [0.1, 0.15) is 11.6 Å². The highest BCUT2D eigenvalue weighted by Gasteiger charge is 2.09. The number of hydrogen-bond acceptors (Lipinski definition) is 6. The Kier molecular flexibility index (Phi) is 4.67. The molecule has 8 nitrogen and oxygen atoms in total. The molecule has 1 aromatic carbocycles. The lowest BCUT2D eigenvalue weighted by Gasteiger charge is -2.08. The molecule has 3 heterocycles. The van der Waals surface area contributed by atoms with Crippen LogP contribution in [0.3, 0.4) is 0 Å². The van der Waals surface area contributed by atoms with E-state index in [1.54, 1.807) is 12.3 Å². The molecule has 0 atom stereocenters. The Morgan fingerprint density at radius 3 is 2.25 bits per heavy atom. The van der Waals surface area contributed by atoms with Crippen LogP contribution >= 0.6 is 0 Å². The third-order valence-electron chi connectivity index (χ3n) is 4.55. The molecule has 4 aromatic rings. The van der Waals surface area contributed by atoms with E-state index in [2.05, 4.69) is 39.4 Å². The maximum atomic E-state index is 6.02. The van der Waals surface area contributed by atoms with Crippen LogP contribution in [0.15, 0.2) is 61.2 Å². The van der Waals surface area contributed by atoms with Crippen LogP contribution in [0.1, 0.15) is 22.3 Å². The van der Waals surface area contributed by atoms with Gasteiger partial charge in [-0.15, -0.1) is 0 Å². The fourth-order valence-electron chi connectivity index (χ4n) is 3.12. The number of anilines is 3. The van der Waals surface area contributed by atoms with E-state index < -0.39 is 0 Å². The molecule has 0 amide bonds. The monoisotopic (exact) mass is 374 g/mol. The van der Waals surface area contributed by atoms with Crippen molar-refractivity contribution < 1.29 is 0 Å². The maximum absolute atomic E-state index is 6.02. The Labute approximate surface area is 162 Å². The second-order valence-corrected chi connectivity index (χ2v) is 6.75. The van der Waals surface area contributed by atoms with Gasteiger partial charge in [0.2, 0.25) is 0 Å². The fourth-order valence-corrected chi connectivity index (χ4v) is 3.12. The van der Waals surface area contributed by atoms with E-state index in [9.17, 15) is 0 Å². The molecule has 28 heavy (non-hydrogen) atoms. The molecule has 0 unspecified atom stereocenters. The van der Waals surface area contributed by atoms with Crippen molar-refractivity contribution in [1.29, 1.82) is 0 Å². The minimum Gasteiger partial charge on any atom is -0.396 e. The van der Waals surface area contributed by atoms with Gasteiger partial charge in [0.15, 0.2) is 0 Å². The van der Waals surface area contributed by atoms with Crippen LogP contribution in [0, 0.1) is 0 Å². The minimum atomic E-state index is 0.262. The molecule has 0 aliphatic carbocycles. The number of nitrogens with two attached hydrogens (primary N) is 3. The van der Waals surface area contributed by atoms with Crippen molar-refractivity contribution >= 4 is 17.3 Å². The van der Waals surface area contributed by atoms with Crippen LogP contribution in [0.2, 0.25) is 0 Å². The molecule has 0 fully saturated rings. The van der Waals surface area contributed by atoms with Crippen LogP contribution in [0.4, 0.5) is 17.3 Å². The first-order chi connectivity index (χ1) is 13.6. The molecule has 0 saturated heterocycles. The number of benzene rings is 1. The molecule has 0 aliphatic rings. The lowest BCUT2D eigenvalue weighted by molar-refractivity contribution is 0.678. The fraction of sp³-hybridized carbons (Fsp3) is 0.150.